The minimum atomic E-state index is -0.873. The summed E-state index contributed by atoms with van der Waals surface area (Å²) in [6.45, 7) is -0.550. The van der Waals surface area contributed by atoms with E-state index in [9.17, 15) is 14.4 Å². The number of hydrogen-bond donors (Lipinski definition) is 1. The molecule has 33 heavy (non-hydrogen) atoms. The number of amides is 1. The van der Waals surface area contributed by atoms with Crippen molar-refractivity contribution in [3.8, 4) is 0 Å². The summed E-state index contributed by atoms with van der Waals surface area (Å²) in [5.74, 6) is -0.103. The fourth-order valence-corrected chi connectivity index (χ4v) is 4.34. The van der Waals surface area contributed by atoms with Crippen molar-refractivity contribution < 1.29 is 23.2 Å². The number of fused-ring (bicyclic) bond motifs is 1. The molecule has 3 aromatic heterocycles. The number of hydrazone groups is 1. The average Bonchev–Trinajstić information content (AvgIpc) is 3.58. The fourth-order valence-electron chi connectivity index (χ4n) is 4.34. The van der Waals surface area contributed by atoms with Crippen LogP contribution in [0.25, 0.3) is 6.08 Å². The summed E-state index contributed by atoms with van der Waals surface area (Å²) < 4.78 is 16.2. The largest absolute Gasteiger partial charge is 0.467 e. The van der Waals surface area contributed by atoms with Crippen molar-refractivity contribution in [2.24, 2.45) is 11.0 Å². The number of aromatic amines is 1. The molecule has 0 spiro atoms. The maximum absolute atomic E-state index is 13.1. The maximum atomic E-state index is 13.1. The number of nitrogens with one attached hydrogen (secondary N) is 1. The molecule has 0 aromatic carbocycles. The van der Waals surface area contributed by atoms with Gasteiger partial charge in [0.2, 0.25) is 0 Å². The Morgan fingerprint density at radius 3 is 2.79 bits per heavy atom. The summed E-state index contributed by atoms with van der Waals surface area (Å²) in [7, 11) is 0. The van der Waals surface area contributed by atoms with Crippen LogP contribution in [0.15, 0.2) is 79.4 Å². The zero-order valence-electron chi connectivity index (χ0n) is 17.6. The van der Waals surface area contributed by atoms with Gasteiger partial charge in [-0.05, 0) is 67.3 Å². The number of rotatable bonds is 5. The molecule has 0 bridgehead atoms. The lowest BCUT2D eigenvalue weighted by atomic mass is 9.79. The molecule has 1 N–H and O–H groups in total. The molecule has 2 atom stereocenters. The first kappa shape index (κ1) is 20.7. The van der Waals surface area contributed by atoms with Crippen molar-refractivity contribution in [2.45, 2.75) is 25.3 Å². The second-order valence-electron chi connectivity index (χ2n) is 7.86. The summed E-state index contributed by atoms with van der Waals surface area (Å²) in [5.41, 5.74) is 1.06. The van der Waals surface area contributed by atoms with Gasteiger partial charge in [0.15, 0.2) is 6.61 Å². The van der Waals surface area contributed by atoms with Crippen LogP contribution in [0.3, 0.4) is 0 Å². The van der Waals surface area contributed by atoms with Crippen LogP contribution >= 0.6 is 0 Å². The Hall–Kier alpha value is -4.14. The molecular formula is C24H21N3O6. The monoisotopic (exact) mass is 447 g/mol. The van der Waals surface area contributed by atoms with Crippen LogP contribution in [0, 0.1) is 5.92 Å². The minimum Gasteiger partial charge on any atom is -0.467 e. The van der Waals surface area contributed by atoms with Crippen molar-refractivity contribution in [2.75, 3.05) is 6.61 Å². The predicted octanol–water partition coefficient (Wildman–Crippen LogP) is 3.54. The van der Waals surface area contributed by atoms with Gasteiger partial charge in [-0.3, -0.25) is 9.59 Å². The van der Waals surface area contributed by atoms with Gasteiger partial charge in [0, 0.05) is 12.1 Å². The maximum Gasteiger partial charge on any atom is 0.344 e. The smallest absolute Gasteiger partial charge is 0.344 e. The van der Waals surface area contributed by atoms with Gasteiger partial charge in [0.1, 0.15) is 23.1 Å². The summed E-state index contributed by atoms with van der Waals surface area (Å²) >= 11 is 0. The highest BCUT2D eigenvalue weighted by atomic mass is 16.5. The number of H-pyrrole nitrogens is 1. The van der Waals surface area contributed by atoms with Crippen LogP contribution in [-0.2, 0) is 9.53 Å². The van der Waals surface area contributed by atoms with Crippen molar-refractivity contribution in [3.63, 3.8) is 0 Å². The molecule has 2 aliphatic rings. The molecule has 4 heterocycles. The molecule has 3 aromatic rings. The number of furan rings is 2. The van der Waals surface area contributed by atoms with Crippen molar-refractivity contribution in [1.82, 2.24) is 9.99 Å². The molecule has 0 radical (unpaired) electrons. The Kier molecular flexibility index (Phi) is 5.52. The van der Waals surface area contributed by atoms with Crippen LogP contribution in [0.4, 0.5) is 0 Å². The van der Waals surface area contributed by atoms with E-state index in [1.807, 2.05) is 24.3 Å². The zero-order chi connectivity index (χ0) is 22.8. The third-order valence-corrected chi connectivity index (χ3v) is 5.82. The van der Waals surface area contributed by atoms with E-state index in [1.165, 1.54) is 23.3 Å². The number of carbonyl (C=O) groups is 2. The normalized spacial score (nSPS) is 21.0. The highest BCUT2D eigenvalue weighted by Crippen LogP contribution is 2.44. The number of carbonyl (C=O) groups excluding carboxylic acids is 2. The Bertz CT molecular complexity index is 1270. The fraction of sp³-hybridized carbons (Fsp3) is 0.250. The number of pyridine rings is 1. The minimum absolute atomic E-state index is 0.0530. The second-order valence-corrected chi connectivity index (χ2v) is 7.86. The Balaban J connectivity index is 1.41. The summed E-state index contributed by atoms with van der Waals surface area (Å²) in [4.78, 5) is 39.6. The van der Waals surface area contributed by atoms with E-state index in [1.54, 1.807) is 18.6 Å². The predicted molar refractivity (Wildman–Crippen MR) is 117 cm³/mol. The van der Waals surface area contributed by atoms with Crippen LogP contribution in [0.5, 0.6) is 0 Å². The number of aromatic nitrogens is 1. The van der Waals surface area contributed by atoms with E-state index < -0.39 is 30.1 Å². The standard InChI is InChI=1S/C24H21N3O6/c28-20(14-33-24(30)18-8-2-10-25-23(18)29)27-22(19-9-4-12-32-19)17-7-1-5-15(21(17)26-27)13-16-6-3-11-31-16/h2-4,6,8-13,17,22H,1,5,7,14H2,(H,25,29). The summed E-state index contributed by atoms with van der Waals surface area (Å²) in [5, 5.41) is 5.98. The van der Waals surface area contributed by atoms with Gasteiger partial charge in [-0.15, -0.1) is 0 Å². The molecule has 1 amide bonds. The number of allylic oxidation sites excluding steroid dienone is 1. The molecule has 9 heteroatoms. The van der Waals surface area contributed by atoms with Crippen molar-refractivity contribution in [1.29, 1.82) is 0 Å². The van der Waals surface area contributed by atoms with Crippen LogP contribution in [-0.4, -0.2) is 34.2 Å². The molecule has 1 aliphatic carbocycles. The van der Waals surface area contributed by atoms with E-state index in [-0.39, 0.29) is 11.5 Å². The third-order valence-electron chi connectivity index (χ3n) is 5.82. The molecule has 1 aliphatic heterocycles. The van der Waals surface area contributed by atoms with E-state index in [0.29, 0.717) is 5.76 Å². The van der Waals surface area contributed by atoms with E-state index in [0.717, 1.165) is 36.3 Å². The van der Waals surface area contributed by atoms with Gasteiger partial charge in [-0.1, -0.05) is 0 Å². The number of hydrogen-bond acceptors (Lipinski definition) is 7. The SMILES string of the molecule is O=C(OCC(=O)N1N=C2C(=Cc3ccco3)CCCC2C1c1ccco1)c1ccc[nH]c1=O. The zero-order valence-corrected chi connectivity index (χ0v) is 17.6. The topological polar surface area (TPSA) is 118 Å². The van der Waals surface area contributed by atoms with Gasteiger partial charge in [0.05, 0.1) is 18.2 Å². The van der Waals surface area contributed by atoms with Gasteiger partial charge in [0.25, 0.3) is 11.5 Å². The molecule has 1 saturated carbocycles. The Morgan fingerprint density at radius 2 is 2.03 bits per heavy atom. The first-order chi connectivity index (χ1) is 16.1. The lowest BCUT2D eigenvalue weighted by molar-refractivity contribution is -0.137. The first-order valence-corrected chi connectivity index (χ1v) is 10.6. The third kappa shape index (κ3) is 4.05. The molecule has 168 valence electrons. The van der Waals surface area contributed by atoms with Gasteiger partial charge in [-0.2, -0.15) is 5.10 Å². The highest BCUT2D eigenvalue weighted by Gasteiger charge is 2.45. The summed E-state index contributed by atoms with van der Waals surface area (Å²) in [6.07, 6.45) is 9.10. The lowest BCUT2D eigenvalue weighted by Gasteiger charge is -2.27. The van der Waals surface area contributed by atoms with Crippen LogP contribution in [0.2, 0.25) is 0 Å². The number of ether oxygens (including phenoxy) is 1. The first-order valence-electron chi connectivity index (χ1n) is 10.6. The van der Waals surface area contributed by atoms with Gasteiger partial charge in [-0.25, -0.2) is 9.80 Å². The Morgan fingerprint density at radius 1 is 1.18 bits per heavy atom. The van der Waals surface area contributed by atoms with E-state index >= 15 is 0 Å². The van der Waals surface area contributed by atoms with Crippen molar-refractivity contribution >= 4 is 23.7 Å². The Labute approximate surface area is 188 Å². The molecule has 9 nitrogen and oxygen atoms in total. The second kappa shape index (κ2) is 8.78. The van der Waals surface area contributed by atoms with Crippen LogP contribution in [0.1, 0.15) is 47.2 Å². The number of esters is 1. The highest BCUT2D eigenvalue weighted by molar-refractivity contribution is 6.08. The van der Waals surface area contributed by atoms with Crippen molar-refractivity contribution in [3.05, 3.63) is 88.1 Å². The lowest BCUT2D eigenvalue weighted by Crippen LogP contribution is -2.34. The van der Waals surface area contributed by atoms with Gasteiger partial charge < -0.3 is 18.6 Å². The molecule has 5 rings (SSSR count). The number of nitrogens with zero attached hydrogens (tertiary/aromatic N) is 2. The molecule has 1 fully saturated rings. The quantitative estimate of drug-likeness (QED) is 0.598. The molecular weight excluding hydrogens is 426 g/mol. The molecule has 0 saturated heterocycles. The van der Waals surface area contributed by atoms with Gasteiger partial charge >= 0.3 is 5.97 Å². The van der Waals surface area contributed by atoms with E-state index in [2.05, 4.69) is 10.1 Å². The van der Waals surface area contributed by atoms with Crippen LogP contribution < -0.4 is 5.56 Å². The molecule has 2 unspecified atom stereocenters. The average molecular weight is 447 g/mol. The van der Waals surface area contributed by atoms with E-state index in [4.69, 9.17) is 13.6 Å². The summed E-state index contributed by atoms with van der Waals surface area (Å²) in [6, 6.07) is 9.66.